The number of benzene rings is 1. The fourth-order valence-electron chi connectivity index (χ4n) is 6.74. The van der Waals surface area contributed by atoms with E-state index in [1.165, 1.54) is 11.1 Å². The summed E-state index contributed by atoms with van der Waals surface area (Å²) < 4.78 is 7.93. The molecule has 0 saturated carbocycles. The van der Waals surface area contributed by atoms with E-state index >= 15 is 0 Å². The molecular formula is C28H34BrN7O4. The van der Waals surface area contributed by atoms with Gasteiger partial charge < -0.3 is 25.4 Å². The van der Waals surface area contributed by atoms with Gasteiger partial charge >= 0.3 is 6.09 Å². The second-order valence-corrected chi connectivity index (χ2v) is 12.5. The summed E-state index contributed by atoms with van der Waals surface area (Å²) in [5.74, 6) is 0.660. The number of amides is 2. The number of rotatable bonds is 6. The number of carbonyl (C=O) groups excluding carboxylic acids is 1. The van der Waals surface area contributed by atoms with Crippen molar-refractivity contribution in [3.63, 3.8) is 0 Å². The maximum absolute atomic E-state index is 12.5. The smallest absolute Gasteiger partial charge is 0.405 e. The molecule has 0 radical (unpaired) electrons. The Morgan fingerprint density at radius 3 is 2.60 bits per heavy atom. The number of hydrogen-bond acceptors (Lipinski definition) is 7. The standard InChI is InChI=1S/C28H34BrN7O4/c1-27(2,33-26(38)39)15-18-17-7-5-4-6-16(17)14-28(18)9-11-35(12-10-28)24-22(29)31-20-21(25(37)30-3)34-36(23(20)32-24)19-8-13-40-19/h4-7,18-19,33H,8-15H2,1-3H3,(H,30,37)(H,38,39)/t18-,19?/m1/s1. The molecule has 1 unspecified atom stereocenters. The first kappa shape index (κ1) is 26.9. The summed E-state index contributed by atoms with van der Waals surface area (Å²) in [5, 5.41) is 19.3. The minimum Gasteiger partial charge on any atom is -0.465 e. The van der Waals surface area contributed by atoms with E-state index < -0.39 is 11.6 Å². The normalized spacial score (nSPS) is 21.8. The fourth-order valence-corrected chi connectivity index (χ4v) is 7.26. The molecular weight excluding hydrogens is 578 g/mol. The summed E-state index contributed by atoms with van der Waals surface area (Å²) in [5.41, 5.74) is 3.39. The highest BCUT2D eigenvalue weighted by molar-refractivity contribution is 9.10. The van der Waals surface area contributed by atoms with Crippen LogP contribution in [0, 0.1) is 5.41 Å². The number of nitrogens with zero attached hydrogens (tertiary/aromatic N) is 5. The Balaban J connectivity index is 1.30. The Bertz CT molecular complexity index is 1480. The SMILES string of the molecule is CNC(=O)c1nn(C2CCO2)c2nc(N3CCC4(CC3)Cc3ccccc3[C@H]4CC(C)(C)NC(=O)O)c(Br)nc12. The molecule has 1 aliphatic carbocycles. The Morgan fingerprint density at radius 1 is 1.23 bits per heavy atom. The average Bonchev–Trinajstić information content (AvgIpc) is 3.37. The number of fused-ring (bicyclic) bond motifs is 2. The summed E-state index contributed by atoms with van der Waals surface area (Å²) in [6.45, 7) is 6.15. The van der Waals surface area contributed by atoms with Crippen molar-refractivity contribution in [1.29, 1.82) is 0 Å². The zero-order chi connectivity index (χ0) is 28.2. The van der Waals surface area contributed by atoms with E-state index in [0.717, 1.165) is 51.0 Å². The van der Waals surface area contributed by atoms with Crippen molar-refractivity contribution >= 4 is 44.9 Å². The molecule has 212 valence electrons. The quantitative estimate of drug-likeness (QED) is 0.377. The Labute approximate surface area is 240 Å². The van der Waals surface area contributed by atoms with Crippen molar-refractivity contribution in [3.05, 3.63) is 45.7 Å². The van der Waals surface area contributed by atoms with Crippen LogP contribution in [-0.4, -0.2) is 69.1 Å². The number of carboxylic acid groups (broad SMARTS) is 1. The molecule has 3 aliphatic rings. The van der Waals surface area contributed by atoms with Gasteiger partial charge in [-0.15, -0.1) is 0 Å². The molecule has 6 rings (SSSR count). The van der Waals surface area contributed by atoms with Crippen molar-refractivity contribution in [2.45, 2.75) is 63.6 Å². The van der Waals surface area contributed by atoms with Crippen molar-refractivity contribution < 1.29 is 19.4 Å². The third kappa shape index (κ3) is 4.60. The summed E-state index contributed by atoms with van der Waals surface area (Å²) in [6.07, 6.45) is 3.15. The molecule has 12 heteroatoms. The Kier molecular flexibility index (Phi) is 6.73. The molecule has 2 aliphatic heterocycles. The fraction of sp³-hybridized carbons (Fsp3) is 0.536. The molecule has 2 fully saturated rings. The van der Waals surface area contributed by atoms with Gasteiger partial charge in [-0.1, -0.05) is 24.3 Å². The third-order valence-corrected chi connectivity index (χ3v) is 9.32. The van der Waals surface area contributed by atoms with Crippen molar-refractivity contribution in [2.75, 3.05) is 31.6 Å². The van der Waals surface area contributed by atoms with Crippen LogP contribution < -0.4 is 15.5 Å². The van der Waals surface area contributed by atoms with Crippen molar-refractivity contribution in [1.82, 2.24) is 30.4 Å². The molecule has 1 aromatic carbocycles. The average molecular weight is 613 g/mol. The van der Waals surface area contributed by atoms with Crippen LogP contribution in [-0.2, 0) is 11.2 Å². The highest BCUT2D eigenvalue weighted by Gasteiger charge is 2.49. The van der Waals surface area contributed by atoms with Gasteiger partial charge in [0.1, 0.15) is 10.1 Å². The summed E-state index contributed by atoms with van der Waals surface area (Å²) in [7, 11) is 1.57. The van der Waals surface area contributed by atoms with Crippen molar-refractivity contribution in [2.24, 2.45) is 5.41 Å². The second-order valence-electron chi connectivity index (χ2n) is 11.8. The number of piperidine rings is 1. The zero-order valence-electron chi connectivity index (χ0n) is 22.9. The molecule has 2 atom stereocenters. The summed E-state index contributed by atoms with van der Waals surface area (Å²) in [4.78, 5) is 36.0. The van der Waals surface area contributed by atoms with E-state index in [0.29, 0.717) is 22.4 Å². The molecule has 3 aromatic rings. The van der Waals surface area contributed by atoms with Gasteiger partial charge in [-0.05, 0) is 77.9 Å². The predicted molar refractivity (Wildman–Crippen MR) is 153 cm³/mol. The Hall–Kier alpha value is -3.25. The van der Waals surface area contributed by atoms with Gasteiger partial charge in [-0.2, -0.15) is 5.10 Å². The number of nitrogens with one attached hydrogen (secondary N) is 2. The first-order valence-corrected chi connectivity index (χ1v) is 14.5. The zero-order valence-corrected chi connectivity index (χ0v) is 24.5. The minimum atomic E-state index is -0.995. The lowest BCUT2D eigenvalue weighted by molar-refractivity contribution is -0.104. The second kappa shape index (κ2) is 9.99. The third-order valence-electron chi connectivity index (χ3n) is 8.79. The van der Waals surface area contributed by atoms with Crippen LogP contribution in [0.4, 0.5) is 10.6 Å². The molecule has 2 saturated heterocycles. The van der Waals surface area contributed by atoms with Crippen LogP contribution in [0.25, 0.3) is 11.2 Å². The van der Waals surface area contributed by atoms with E-state index in [2.05, 4.69) is 60.8 Å². The van der Waals surface area contributed by atoms with Crippen molar-refractivity contribution in [3.8, 4) is 0 Å². The molecule has 2 amide bonds. The number of aromatic nitrogens is 4. The lowest BCUT2D eigenvalue weighted by Gasteiger charge is -2.45. The first-order chi connectivity index (χ1) is 19.1. The molecule has 1 spiro atoms. The lowest BCUT2D eigenvalue weighted by atomic mass is 9.66. The highest BCUT2D eigenvalue weighted by atomic mass is 79.9. The van der Waals surface area contributed by atoms with Crippen LogP contribution in [0.3, 0.4) is 0 Å². The van der Waals surface area contributed by atoms with Gasteiger partial charge in [-0.3, -0.25) is 4.79 Å². The van der Waals surface area contributed by atoms with Gasteiger partial charge in [0.2, 0.25) is 0 Å². The minimum absolute atomic E-state index is 0.0373. The number of anilines is 1. The van der Waals surface area contributed by atoms with E-state index in [9.17, 15) is 14.7 Å². The monoisotopic (exact) mass is 611 g/mol. The lowest BCUT2D eigenvalue weighted by Crippen LogP contribution is -2.48. The van der Waals surface area contributed by atoms with E-state index in [1.807, 2.05) is 13.8 Å². The van der Waals surface area contributed by atoms with Crippen LogP contribution in [0.2, 0.25) is 0 Å². The van der Waals surface area contributed by atoms with Crippen LogP contribution in [0.5, 0.6) is 0 Å². The van der Waals surface area contributed by atoms with Crippen LogP contribution in [0.15, 0.2) is 28.9 Å². The van der Waals surface area contributed by atoms with E-state index in [4.69, 9.17) is 14.7 Å². The maximum atomic E-state index is 12.5. The summed E-state index contributed by atoms with van der Waals surface area (Å²) in [6, 6.07) is 8.60. The first-order valence-electron chi connectivity index (χ1n) is 13.7. The van der Waals surface area contributed by atoms with Gasteiger partial charge in [-0.25, -0.2) is 19.4 Å². The molecule has 11 nitrogen and oxygen atoms in total. The van der Waals surface area contributed by atoms with Gasteiger partial charge in [0.05, 0.1) is 6.61 Å². The predicted octanol–water partition coefficient (Wildman–Crippen LogP) is 4.23. The van der Waals surface area contributed by atoms with Gasteiger partial charge in [0.15, 0.2) is 23.4 Å². The summed E-state index contributed by atoms with van der Waals surface area (Å²) >= 11 is 3.63. The molecule has 3 N–H and O–H groups in total. The number of ether oxygens (including phenoxy) is 1. The maximum Gasteiger partial charge on any atom is 0.405 e. The van der Waals surface area contributed by atoms with E-state index in [-0.39, 0.29) is 29.2 Å². The topological polar surface area (TPSA) is 134 Å². The number of hydrogen-bond donors (Lipinski definition) is 3. The van der Waals surface area contributed by atoms with Crippen LogP contribution >= 0.6 is 15.9 Å². The molecule has 2 aromatic heterocycles. The Morgan fingerprint density at radius 2 is 1.95 bits per heavy atom. The van der Waals surface area contributed by atoms with Gasteiger partial charge in [0.25, 0.3) is 5.91 Å². The molecule has 40 heavy (non-hydrogen) atoms. The largest absolute Gasteiger partial charge is 0.465 e. The van der Waals surface area contributed by atoms with Crippen LogP contribution in [0.1, 0.15) is 73.3 Å². The molecule has 0 bridgehead atoms. The number of carbonyl (C=O) groups is 2. The molecule has 4 heterocycles. The number of halogens is 1. The van der Waals surface area contributed by atoms with Gasteiger partial charge in [0, 0.05) is 32.1 Å². The van der Waals surface area contributed by atoms with E-state index in [1.54, 1.807) is 11.7 Å². The highest BCUT2D eigenvalue weighted by Crippen LogP contribution is 2.56.